The van der Waals surface area contributed by atoms with E-state index in [1.165, 1.54) is 6.07 Å². The maximum Gasteiger partial charge on any atom is 0.310 e. The summed E-state index contributed by atoms with van der Waals surface area (Å²) in [6.07, 6.45) is 4.43. The number of ether oxygens (including phenoxy) is 3. The summed E-state index contributed by atoms with van der Waals surface area (Å²) in [5, 5.41) is 0. The van der Waals surface area contributed by atoms with Crippen molar-refractivity contribution < 1.29 is 28.6 Å². The fourth-order valence-electron chi connectivity index (χ4n) is 2.26. The summed E-state index contributed by atoms with van der Waals surface area (Å²) in [5.74, 6) is 0.0452. The van der Waals surface area contributed by atoms with E-state index in [-0.39, 0.29) is 30.7 Å². The predicted molar refractivity (Wildman–Crippen MR) is 110 cm³/mol. The number of rotatable bonds is 8. The second kappa shape index (κ2) is 10.8. The first-order valence-corrected chi connectivity index (χ1v) is 9.48. The standard InChI is InChI=1S/C23H24O6/c1-4-21(24)27-18-11-9-16(10-12-18)7-8-17-13-19(28-22(25)5-2)15-20(14-17)29-23(26)6-3/h7-15H,4-6H2,1-3H3. The van der Waals surface area contributed by atoms with Crippen molar-refractivity contribution in [3.63, 3.8) is 0 Å². The van der Waals surface area contributed by atoms with Gasteiger partial charge in [-0.15, -0.1) is 0 Å². The third-order valence-electron chi connectivity index (χ3n) is 3.81. The van der Waals surface area contributed by atoms with Crippen LogP contribution in [0.25, 0.3) is 12.2 Å². The monoisotopic (exact) mass is 396 g/mol. The van der Waals surface area contributed by atoms with E-state index in [9.17, 15) is 14.4 Å². The fourth-order valence-corrected chi connectivity index (χ4v) is 2.26. The first-order chi connectivity index (χ1) is 13.9. The Morgan fingerprint density at radius 1 is 0.621 bits per heavy atom. The Hall–Kier alpha value is -3.41. The molecule has 29 heavy (non-hydrogen) atoms. The van der Waals surface area contributed by atoms with Gasteiger partial charge < -0.3 is 14.2 Å². The molecular formula is C23H24O6. The summed E-state index contributed by atoms with van der Waals surface area (Å²) in [6, 6.07) is 11.9. The Bertz CT molecular complexity index is 860. The van der Waals surface area contributed by atoms with Crippen LogP contribution in [0.2, 0.25) is 0 Å². The summed E-state index contributed by atoms with van der Waals surface area (Å²) in [7, 11) is 0. The molecule has 6 nitrogen and oxygen atoms in total. The van der Waals surface area contributed by atoms with E-state index < -0.39 is 0 Å². The van der Waals surface area contributed by atoms with Crippen LogP contribution in [0.4, 0.5) is 0 Å². The number of carbonyl (C=O) groups excluding carboxylic acids is 3. The zero-order valence-corrected chi connectivity index (χ0v) is 16.8. The number of hydrogen-bond acceptors (Lipinski definition) is 6. The van der Waals surface area contributed by atoms with Gasteiger partial charge in [-0.05, 0) is 35.4 Å². The van der Waals surface area contributed by atoms with Crippen LogP contribution in [-0.4, -0.2) is 17.9 Å². The molecule has 0 aliphatic heterocycles. The van der Waals surface area contributed by atoms with Gasteiger partial charge in [0, 0.05) is 25.3 Å². The molecule has 0 aliphatic rings. The third-order valence-corrected chi connectivity index (χ3v) is 3.81. The van der Waals surface area contributed by atoms with Gasteiger partial charge in [-0.1, -0.05) is 45.1 Å². The van der Waals surface area contributed by atoms with E-state index >= 15 is 0 Å². The minimum atomic E-state index is -0.379. The molecule has 0 amide bonds. The Morgan fingerprint density at radius 3 is 1.48 bits per heavy atom. The first kappa shape index (κ1) is 21.9. The molecule has 2 rings (SSSR count). The van der Waals surface area contributed by atoms with E-state index in [0.717, 1.165) is 5.56 Å². The van der Waals surface area contributed by atoms with Crippen LogP contribution in [-0.2, 0) is 14.4 Å². The van der Waals surface area contributed by atoms with Crippen molar-refractivity contribution in [3.8, 4) is 17.2 Å². The first-order valence-electron chi connectivity index (χ1n) is 9.48. The van der Waals surface area contributed by atoms with E-state index in [0.29, 0.717) is 29.2 Å². The maximum absolute atomic E-state index is 11.6. The molecule has 0 saturated heterocycles. The average Bonchev–Trinajstić information content (AvgIpc) is 2.72. The molecule has 152 valence electrons. The topological polar surface area (TPSA) is 78.9 Å². The largest absolute Gasteiger partial charge is 0.427 e. The lowest BCUT2D eigenvalue weighted by Crippen LogP contribution is -2.08. The molecule has 0 heterocycles. The van der Waals surface area contributed by atoms with E-state index in [2.05, 4.69) is 0 Å². The van der Waals surface area contributed by atoms with Crippen LogP contribution in [0.5, 0.6) is 17.2 Å². The summed E-state index contributed by atoms with van der Waals surface area (Å²) >= 11 is 0. The molecule has 0 bridgehead atoms. The van der Waals surface area contributed by atoms with Crippen LogP contribution < -0.4 is 14.2 Å². The molecule has 0 fully saturated rings. The van der Waals surface area contributed by atoms with Crippen molar-refractivity contribution in [2.45, 2.75) is 40.0 Å². The second-order valence-corrected chi connectivity index (χ2v) is 6.12. The Morgan fingerprint density at radius 2 is 1.03 bits per heavy atom. The fraction of sp³-hybridized carbons (Fsp3) is 0.261. The molecule has 0 unspecified atom stereocenters. The highest BCUT2D eigenvalue weighted by Gasteiger charge is 2.08. The normalized spacial score (nSPS) is 10.6. The number of hydrogen-bond donors (Lipinski definition) is 0. The number of benzene rings is 2. The molecule has 2 aromatic rings. The van der Waals surface area contributed by atoms with E-state index in [1.54, 1.807) is 51.1 Å². The van der Waals surface area contributed by atoms with Crippen molar-refractivity contribution >= 4 is 30.1 Å². The quantitative estimate of drug-likeness (QED) is 0.362. The molecule has 0 aliphatic carbocycles. The van der Waals surface area contributed by atoms with Crippen LogP contribution in [0, 0.1) is 0 Å². The zero-order valence-electron chi connectivity index (χ0n) is 16.8. The van der Waals surface area contributed by atoms with Crippen molar-refractivity contribution in [2.75, 3.05) is 0 Å². The van der Waals surface area contributed by atoms with Gasteiger partial charge >= 0.3 is 17.9 Å². The lowest BCUT2D eigenvalue weighted by Gasteiger charge is -2.08. The summed E-state index contributed by atoms with van der Waals surface area (Å²) < 4.78 is 15.7. The second-order valence-electron chi connectivity index (χ2n) is 6.12. The van der Waals surface area contributed by atoms with Gasteiger partial charge in [0.2, 0.25) is 0 Å². The van der Waals surface area contributed by atoms with Gasteiger partial charge in [0.15, 0.2) is 0 Å². The summed E-state index contributed by atoms with van der Waals surface area (Å²) in [4.78, 5) is 34.5. The lowest BCUT2D eigenvalue weighted by atomic mass is 10.1. The molecular weight excluding hydrogens is 372 g/mol. The maximum atomic E-state index is 11.6. The van der Waals surface area contributed by atoms with E-state index in [4.69, 9.17) is 14.2 Å². The minimum Gasteiger partial charge on any atom is -0.427 e. The SMILES string of the molecule is CCC(=O)Oc1ccc(C=Cc2cc(OC(=O)CC)cc(OC(=O)CC)c2)cc1. The van der Waals surface area contributed by atoms with Gasteiger partial charge in [0.25, 0.3) is 0 Å². The lowest BCUT2D eigenvalue weighted by molar-refractivity contribution is -0.135. The van der Waals surface area contributed by atoms with Gasteiger partial charge in [0.05, 0.1) is 0 Å². The zero-order chi connectivity index (χ0) is 21.2. The molecule has 0 N–H and O–H groups in total. The van der Waals surface area contributed by atoms with E-state index in [1.807, 2.05) is 18.2 Å². The third kappa shape index (κ3) is 7.25. The van der Waals surface area contributed by atoms with Crippen LogP contribution >= 0.6 is 0 Å². The molecule has 6 heteroatoms. The van der Waals surface area contributed by atoms with Crippen LogP contribution in [0.1, 0.15) is 51.2 Å². The average molecular weight is 396 g/mol. The highest BCUT2D eigenvalue weighted by Crippen LogP contribution is 2.25. The molecule has 2 aromatic carbocycles. The molecule has 0 atom stereocenters. The van der Waals surface area contributed by atoms with Crippen molar-refractivity contribution in [1.82, 2.24) is 0 Å². The van der Waals surface area contributed by atoms with Crippen molar-refractivity contribution in [1.29, 1.82) is 0 Å². The Kier molecular flexibility index (Phi) is 8.15. The number of esters is 3. The van der Waals surface area contributed by atoms with Crippen LogP contribution in [0.15, 0.2) is 42.5 Å². The van der Waals surface area contributed by atoms with Crippen LogP contribution in [0.3, 0.4) is 0 Å². The van der Waals surface area contributed by atoms with Gasteiger partial charge in [0.1, 0.15) is 17.2 Å². The Balaban J connectivity index is 2.21. The molecule has 0 aromatic heterocycles. The summed E-state index contributed by atoms with van der Waals surface area (Å²) in [5.41, 5.74) is 1.58. The molecule has 0 saturated carbocycles. The van der Waals surface area contributed by atoms with Crippen molar-refractivity contribution in [2.24, 2.45) is 0 Å². The molecule has 0 spiro atoms. The predicted octanol–water partition coefficient (Wildman–Crippen LogP) is 4.80. The van der Waals surface area contributed by atoms with Crippen molar-refractivity contribution in [3.05, 3.63) is 53.6 Å². The van der Waals surface area contributed by atoms with Gasteiger partial charge in [-0.25, -0.2) is 0 Å². The van der Waals surface area contributed by atoms with Gasteiger partial charge in [-0.2, -0.15) is 0 Å². The smallest absolute Gasteiger partial charge is 0.310 e. The highest BCUT2D eigenvalue weighted by molar-refractivity contribution is 5.76. The minimum absolute atomic E-state index is 0.235. The summed E-state index contributed by atoms with van der Waals surface area (Å²) in [6.45, 7) is 5.13. The molecule has 0 radical (unpaired) electrons. The van der Waals surface area contributed by atoms with Gasteiger partial charge in [-0.3, -0.25) is 14.4 Å². The highest BCUT2D eigenvalue weighted by atomic mass is 16.5. The number of carbonyl (C=O) groups is 3. The Labute approximate surface area is 170 Å².